The summed E-state index contributed by atoms with van der Waals surface area (Å²) in [5.74, 6) is 0. The van der Waals surface area contributed by atoms with Gasteiger partial charge in [-0.3, -0.25) is 4.90 Å². The van der Waals surface area contributed by atoms with Gasteiger partial charge in [0.25, 0.3) is 0 Å². The first kappa shape index (κ1) is 13.6. The number of hydrogen-bond donors (Lipinski definition) is 1. The third-order valence-electron chi connectivity index (χ3n) is 3.24. The number of nitrogens with zero attached hydrogens (tertiary/aromatic N) is 1. The van der Waals surface area contributed by atoms with Gasteiger partial charge in [0.15, 0.2) is 0 Å². The zero-order chi connectivity index (χ0) is 12.4. The van der Waals surface area contributed by atoms with Crippen LogP contribution in [0.1, 0.15) is 20.3 Å². The average molecular weight is 409 g/mol. The van der Waals surface area contributed by atoms with Gasteiger partial charge in [-0.05, 0) is 77.0 Å². The Morgan fingerprint density at radius 1 is 1.47 bits per heavy atom. The SMILES string of the molecule is CC(C)N1CCC(Nc2cc(I)ccc2Br)C1. The predicted molar refractivity (Wildman–Crippen MR) is 85.6 cm³/mol. The topological polar surface area (TPSA) is 15.3 Å². The highest BCUT2D eigenvalue weighted by molar-refractivity contribution is 14.1. The van der Waals surface area contributed by atoms with Crippen molar-refractivity contribution in [3.63, 3.8) is 0 Å². The fourth-order valence-corrected chi connectivity index (χ4v) is 3.05. The quantitative estimate of drug-likeness (QED) is 0.761. The summed E-state index contributed by atoms with van der Waals surface area (Å²) in [6.45, 7) is 6.89. The maximum atomic E-state index is 3.64. The highest BCUT2D eigenvalue weighted by atomic mass is 127. The van der Waals surface area contributed by atoms with Crippen molar-refractivity contribution < 1.29 is 0 Å². The minimum absolute atomic E-state index is 0.576. The van der Waals surface area contributed by atoms with Crippen molar-refractivity contribution in [2.75, 3.05) is 18.4 Å². The van der Waals surface area contributed by atoms with Gasteiger partial charge in [-0.1, -0.05) is 0 Å². The Balaban J connectivity index is 2.00. The molecule has 0 aliphatic carbocycles. The Bertz CT molecular complexity index is 395. The number of nitrogens with one attached hydrogen (secondary N) is 1. The van der Waals surface area contributed by atoms with Crippen LogP contribution in [0.2, 0.25) is 0 Å². The number of benzene rings is 1. The van der Waals surface area contributed by atoms with E-state index in [0.29, 0.717) is 12.1 Å². The molecule has 0 amide bonds. The highest BCUT2D eigenvalue weighted by Gasteiger charge is 2.24. The second-order valence-corrected chi connectivity index (χ2v) is 6.94. The lowest BCUT2D eigenvalue weighted by Gasteiger charge is -2.21. The smallest absolute Gasteiger partial charge is 0.0497 e. The molecule has 4 heteroatoms. The van der Waals surface area contributed by atoms with Crippen molar-refractivity contribution in [2.24, 2.45) is 0 Å². The fourth-order valence-electron chi connectivity index (χ4n) is 2.20. The molecule has 1 heterocycles. The standard InChI is InChI=1S/C13H18BrIN2/c1-9(2)17-6-5-11(8-17)16-13-7-10(15)3-4-12(13)14/h3-4,7,9,11,16H,5-6,8H2,1-2H3. The summed E-state index contributed by atoms with van der Waals surface area (Å²) in [6, 6.07) is 7.65. The van der Waals surface area contributed by atoms with Gasteiger partial charge >= 0.3 is 0 Å². The van der Waals surface area contributed by atoms with Crippen LogP contribution in [0.3, 0.4) is 0 Å². The maximum Gasteiger partial charge on any atom is 0.0497 e. The molecule has 0 radical (unpaired) electrons. The average Bonchev–Trinajstić information content (AvgIpc) is 2.72. The molecule has 0 aromatic heterocycles. The summed E-state index contributed by atoms with van der Waals surface area (Å²) >= 11 is 5.95. The van der Waals surface area contributed by atoms with Gasteiger partial charge in [-0.2, -0.15) is 0 Å². The van der Waals surface area contributed by atoms with Crippen LogP contribution in [0.5, 0.6) is 0 Å². The van der Waals surface area contributed by atoms with E-state index >= 15 is 0 Å². The van der Waals surface area contributed by atoms with Gasteiger partial charge in [-0.15, -0.1) is 0 Å². The van der Waals surface area contributed by atoms with Gasteiger partial charge in [0.2, 0.25) is 0 Å². The zero-order valence-corrected chi connectivity index (χ0v) is 14.0. The highest BCUT2D eigenvalue weighted by Crippen LogP contribution is 2.27. The van der Waals surface area contributed by atoms with Crippen LogP contribution in [0, 0.1) is 3.57 Å². The van der Waals surface area contributed by atoms with Crippen LogP contribution in [0.15, 0.2) is 22.7 Å². The molecule has 0 bridgehead atoms. The molecule has 94 valence electrons. The summed E-state index contributed by atoms with van der Waals surface area (Å²) in [4.78, 5) is 2.53. The van der Waals surface area contributed by atoms with E-state index in [2.05, 4.69) is 80.8 Å². The van der Waals surface area contributed by atoms with E-state index in [1.165, 1.54) is 22.2 Å². The Kier molecular flexibility index (Phi) is 4.72. The molecule has 1 aliphatic rings. The van der Waals surface area contributed by atoms with Crippen molar-refractivity contribution in [3.8, 4) is 0 Å². The van der Waals surface area contributed by atoms with Crippen LogP contribution in [-0.4, -0.2) is 30.1 Å². The molecule has 1 aliphatic heterocycles. The Hall–Kier alpha value is 0.190. The number of halogens is 2. The summed E-state index contributed by atoms with van der Waals surface area (Å²) in [6.07, 6.45) is 1.23. The summed E-state index contributed by atoms with van der Waals surface area (Å²) in [7, 11) is 0. The van der Waals surface area contributed by atoms with Crippen molar-refractivity contribution in [1.82, 2.24) is 4.90 Å². The largest absolute Gasteiger partial charge is 0.380 e. The second kappa shape index (κ2) is 5.89. The monoisotopic (exact) mass is 408 g/mol. The molecule has 1 aromatic rings. The van der Waals surface area contributed by atoms with E-state index in [1.54, 1.807) is 0 Å². The zero-order valence-electron chi connectivity index (χ0n) is 10.2. The molecule has 2 nitrogen and oxygen atoms in total. The molecular weight excluding hydrogens is 391 g/mol. The first-order valence-electron chi connectivity index (χ1n) is 6.02. The summed E-state index contributed by atoms with van der Waals surface area (Å²) in [5.41, 5.74) is 1.22. The summed E-state index contributed by atoms with van der Waals surface area (Å²) in [5, 5.41) is 3.64. The van der Waals surface area contributed by atoms with E-state index in [9.17, 15) is 0 Å². The lowest BCUT2D eigenvalue weighted by molar-refractivity contribution is 0.274. The van der Waals surface area contributed by atoms with E-state index in [1.807, 2.05) is 0 Å². The molecule has 1 atom stereocenters. The van der Waals surface area contributed by atoms with Crippen LogP contribution in [0.4, 0.5) is 5.69 Å². The van der Waals surface area contributed by atoms with Crippen LogP contribution >= 0.6 is 38.5 Å². The molecule has 1 fully saturated rings. The summed E-state index contributed by atoms with van der Waals surface area (Å²) < 4.78 is 2.42. The maximum absolute atomic E-state index is 3.64. The van der Waals surface area contributed by atoms with Crippen molar-refractivity contribution in [1.29, 1.82) is 0 Å². The first-order chi connectivity index (χ1) is 8.06. The molecule has 0 spiro atoms. The number of likely N-dealkylation sites (tertiary alicyclic amines) is 1. The molecule has 1 N–H and O–H groups in total. The normalized spacial score (nSPS) is 21.1. The molecule has 1 saturated heterocycles. The molecular formula is C13H18BrIN2. The number of anilines is 1. The van der Waals surface area contributed by atoms with Gasteiger partial charge in [0.1, 0.15) is 0 Å². The Labute approximate surface area is 125 Å². The van der Waals surface area contributed by atoms with Crippen molar-refractivity contribution >= 4 is 44.2 Å². The van der Waals surface area contributed by atoms with E-state index in [-0.39, 0.29) is 0 Å². The third kappa shape index (κ3) is 3.58. The minimum atomic E-state index is 0.576. The van der Waals surface area contributed by atoms with E-state index in [4.69, 9.17) is 0 Å². The molecule has 1 unspecified atom stereocenters. The van der Waals surface area contributed by atoms with Crippen molar-refractivity contribution in [2.45, 2.75) is 32.4 Å². The van der Waals surface area contributed by atoms with E-state index < -0.39 is 0 Å². The van der Waals surface area contributed by atoms with Crippen molar-refractivity contribution in [3.05, 3.63) is 26.2 Å². The number of hydrogen-bond acceptors (Lipinski definition) is 2. The molecule has 1 aromatic carbocycles. The Morgan fingerprint density at radius 2 is 2.24 bits per heavy atom. The lowest BCUT2D eigenvalue weighted by atomic mass is 10.2. The minimum Gasteiger partial charge on any atom is -0.380 e. The van der Waals surface area contributed by atoms with Crippen LogP contribution < -0.4 is 5.32 Å². The van der Waals surface area contributed by atoms with Crippen LogP contribution in [-0.2, 0) is 0 Å². The molecule has 17 heavy (non-hydrogen) atoms. The Morgan fingerprint density at radius 3 is 2.88 bits per heavy atom. The molecule has 0 saturated carbocycles. The van der Waals surface area contributed by atoms with Gasteiger partial charge < -0.3 is 5.32 Å². The first-order valence-corrected chi connectivity index (χ1v) is 7.89. The molecule has 2 rings (SSSR count). The van der Waals surface area contributed by atoms with Crippen LogP contribution in [0.25, 0.3) is 0 Å². The van der Waals surface area contributed by atoms with Gasteiger partial charge in [0.05, 0.1) is 0 Å². The van der Waals surface area contributed by atoms with E-state index in [0.717, 1.165) is 11.0 Å². The second-order valence-electron chi connectivity index (χ2n) is 4.84. The third-order valence-corrected chi connectivity index (χ3v) is 4.60. The van der Waals surface area contributed by atoms with Gasteiger partial charge in [-0.25, -0.2) is 0 Å². The predicted octanol–water partition coefficient (Wildman–Crippen LogP) is 3.95. The number of rotatable bonds is 3. The lowest BCUT2D eigenvalue weighted by Crippen LogP contribution is -2.31. The fraction of sp³-hybridized carbons (Fsp3) is 0.538. The van der Waals surface area contributed by atoms with Gasteiger partial charge in [0, 0.05) is 38.9 Å².